The van der Waals surface area contributed by atoms with Gasteiger partial charge in [0.1, 0.15) is 11.5 Å². The maximum atomic E-state index is 11.8. The number of amides is 2. The largest absolute Gasteiger partial charge is 0.484 e. The Balaban J connectivity index is 1.67. The van der Waals surface area contributed by atoms with Crippen LogP contribution in [0.2, 0.25) is 0 Å². The minimum atomic E-state index is -0.404. The average Bonchev–Trinajstić information content (AvgIpc) is 3.11. The Bertz CT molecular complexity index is 727. The van der Waals surface area contributed by atoms with Crippen molar-refractivity contribution in [3.63, 3.8) is 0 Å². The molecule has 0 aliphatic rings. The van der Waals surface area contributed by atoms with E-state index in [1.807, 2.05) is 12.1 Å². The second kappa shape index (κ2) is 9.63. The summed E-state index contributed by atoms with van der Waals surface area (Å²) >= 11 is 3.32. The molecule has 1 aromatic carbocycles. The molecule has 0 radical (unpaired) electrons. The zero-order valence-corrected chi connectivity index (χ0v) is 15.2. The maximum Gasteiger partial charge on any atom is 0.277 e. The fraction of sp³-hybridized carbons (Fsp3) is 0.235. The van der Waals surface area contributed by atoms with Crippen LogP contribution in [0.25, 0.3) is 0 Å². The molecule has 2 rings (SSSR count). The monoisotopic (exact) mass is 407 g/mol. The molecular weight excluding hydrogens is 390 g/mol. The molecule has 0 bridgehead atoms. The van der Waals surface area contributed by atoms with Gasteiger partial charge >= 0.3 is 0 Å². The van der Waals surface area contributed by atoms with Gasteiger partial charge in [0, 0.05) is 10.2 Å². The summed E-state index contributed by atoms with van der Waals surface area (Å²) in [6.07, 6.45) is 1.62. The van der Waals surface area contributed by atoms with Gasteiger partial charge < -0.3 is 14.5 Å². The fourth-order valence-electron chi connectivity index (χ4n) is 1.80. The molecule has 0 aliphatic carbocycles. The van der Waals surface area contributed by atoms with Crippen molar-refractivity contribution >= 4 is 33.5 Å². The van der Waals surface area contributed by atoms with Gasteiger partial charge in [-0.25, -0.2) is 5.43 Å². The van der Waals surface area contributed by atoms with Gasteiger partial charge in [-0.1, -0.05) is 15.9 Å². The molecule has 2 amide bonds. The van der Waals surface area contributed by atoms with Crippen LogP contribution in [0, 0.1) is 0 Å². The number of nitrogens with zero attached hydrogens (tertiary/aromatic N) is 1. The quantitative estimate of drug-likeness (QED) is 0.519. The summed E-state index contributed by atoms with van der Waals surface area (Å²) < 4.78 is 11.4. The van der Waals surface area contributed by atoms with Crippen molar-refractivity contribution in [3.8, 4) is 5.75 Å². The van der Waals surface area contributed by atoms with E-state index in [1.54, 1.807) is 37.5 Å². The van der Waals surface area contributed by atoms with Gasteiger partial charge in [0.05, 0.1) is 19.2 Å². The standard InChI is InChI=1S/C17H18BrN3O4/c1-12(9-16(22)19-10-15-3-2-8-24-15)20-21-17(23)11-25-14-6-4-13(18)5-7-14/h2-8H,9-11H2,1H3,(H,19,22)(H,21,23)/b20-12+. The highest BCUT2D eigenvalue weighted by molar-refractivity contribution is 9.10. The van der Waals surface area contributed by atoms with Crippen LogP contribution in [0.4, 0.5) is 0 Å². The molecule has 7 nitrogen and oxygen atoms in total. The van der Waals surface area contributed by atoms with Crippen molar-refractivity contribution in [1.29, 1.82) is 0 Å². The number of halogens is 1. The van der Waals surface area contributed by atoms with E-state index in [0.29, 0.717) is 23.8 Å². The lowest BCUT2D eigenvalue weighted by Crippen LogP contribution is -2.28. The first kappa shape index (κ1) is 18.7. The lowest BCUT2D eigenvalue weighted by Gasteiger charge is -2.06. The SMILES string of the molecule is C/C(CC(=O)NCc1ccco1)=N\NC(=O)COc1ccc(Br)cc1. The molecule has 0 unspecified atom stereocenters. The Labute approximate surface area is 153 Å². The van der Waals surface area contributed by atoms with Crippen molar-refractivity contribution in [2.45, 2.75) is 19.9 Å². The average molecular weight is 408 g/mol. The Morgan fingerprint density at radius 2 is 1.96 bits per heavy atom. The zero-order valence-electron chi connectivity index (χ0n) is 13.6. The third-order valence-electron chi connectivity index (χ3n) is 3.01. The van der Waals surface area contributed by atoms with Crippen molar-refractivity contribution in [1.82, 2.24) is 10.7 Å². The second-order valence-corrected chi connectivity index (χ2v) is 6.07. The van der Waals surface area contributed by atoms with Gasteiger partial charge in [0.2, 0.25) is 5.91 Å². The van der Waals surface area contributed by atoms with Crippen LogP contribution in [0.3, 0.4) is 0 Å². The molecule has 1 aromatic heterocycles. The Kier molecular flexibility index (Phi) is 7.21. The zero-order chi connectivity index (χ0) is 18.1. The predicted molar refractivity (Wildman–Crippen MR) is 96.1 cm³/mol. The van der Waals surface area contributed by atoms with Gasteiger partial charge in [0.15, 0.2) is 6.61 Å². The van der Waals surface area contributed by atoms with E-state index >= 15 is 0 Å². The fourth-order valence-corrected chi connectivity index (χ4v) is 2.07. The molecule has 0 spiro atoms. The topological polar surface area (TPSA) is 92.9 Å². The van der Waals surface area contributed by atoms with Gasteiger partial charge in [-0.2, -0.15) is 5.10 Å². The van der Waals surface area contributed by atoms with E-state index in [9.17, 15) is 9.59 Å². The molecule has 0 atom stereocenters. The summed E-state index contributed by atoms with van der Waals surface area (Å²) in [6.45, 7) is 1.80. The highest BCUT2D eigenvalue weighted by Gasteiger charge is 2.06. The predicted octanol–water partition coefficient (Wildman–Crippen LogP) is 2.62. The maximum absolute atomic E-state index is 11.8. The summed E-state index contributed by atoms with van der Waals surface area (Å²) in [5.74, 6) is 0.633. The Morgan fingerprint density at radius 3 is 2.64 bits per heavy atom. The van der Waals surface area contributed by atoms with Gasteiger partial charge in [-0.05, 0) is 43.3 Å². The highest BCUT2D eigenvalue weighted by atomic mass is 79.9. The second-order valence-electron chi connectivity index (χ2n) is 5.16. The molecule has 0 saturated heterocycles. The first-order chi connectivity index (χ1) is 12.0. The number of carbonyl (C=O) groups is 2. The molecule has 25 heavy (non-hydrogen) atoms. The van der Waals surface area contributed by atoms with Crippen molar-refractivity contribution in [2.24, 2.45) is 5.10 Å². The van der Waals surface area contributed by atoms with Crippen LogP contribution in [0.1, 0.15) is 19.1 Å². The highest BCUT2D eigenvalue weighted by Crippen LogP contribution is 2.15. The van der Waals surface area contributed by atoms with Crippen LogP contribution >= 0.6 is 15.9 Å². The van der Waals surface area contributed by atoms with Crippen LogP contribution < -0.4 is 15.5 Å². The number of benzene rings is 1. The number of hydrogen-bond donors (Lipinski definition) is 2. The van der Waals surface area contributed by atoms with Crippen molar-refractivity contribution in [3.05, 3.63) is 52.9 Å². The third kappa shape index (κ3) is 7.21. The number of rotatable bonds is 8. The van der Waals surface area contributed by atoms with E-state index in [2.05, 4.69) is 31.8 Å². The summed E-state index contributed by atoms with van der Waals surface area (Å²) in [5, 5.41) is 6.58. The van der Waals surface area contributed by atoms with E-state index in [4.69, 9.17) is 9.15 Å². The smallest absolute Gasteiger partial charge is 0.277 e. The lowest BCUT2D eigenvalue weighted by molar-refractivity contribution is -0.123. The van der Waals surface area contributed by atoms with E-state index in [-0.39, 0.29) is 18.9 Å². The Hall–Kier alpha value is -2.61. The summed E-state index contributed by atoms with van der Waals surface area (Å²) in [5.41, 5.74) is 2.84. The first-order valence-electron chi connectivity index (χ1n) is 7.52. The van der Waals surface area contributed by atoms with E-state index in [0.717, 1.165) is 4.47 Å². The minimum Gasteiger partial charge on any atom is -0.484 e. The number of nitrogens with one attached hydrogen (secondary N) is 2. The lowest BCUT2D eigenvalue weighted by atomic mass is 10.3. The number of hydrazone groups is 1. The molecule has 2 aromatic rings. The minimum absolute atomic E-state index is 0.0779. The number of furan rings is 1. The Morgan fingerprint density at radius 1 is 1.20 bits per heavy atom. The van der Waals surface area contributed by atoms with Crippen molar-refractivity contribution in [2.75, 3.05) is 6.61 Å². The third-order valence-corrected chi connectivity index (χ3v) is 3.54. The molecule has 0 aliphatic heterocycles. The van der Waals surface area contributed by atoms with Gasteiger partial charge in [0.25, 0.3) is 5.91 Å². The molecular formula is C17H18BrN3O4. The van der Waals surface area contributed by atoms with Crippen molar-refractivity contribution < 1.29 is 18.7 Å². The van der Waals surface area contributed by atoms with Crippen LogP contribution in [0.15, 0.2) is 56.7 Å². The number of hydrogen-bond acceptors (Lipinski definition) is 5. The summed E-state index contributed by atoms with van der Waals surface area (Å²) in [4.78, 5) is 23.4. The molecule has 0 fully saturated rings. The molecule has 8 heteroatoms. The number of ether oxygens (including phenoxy) is 1. The van der Waals surface area contributed by atoms with Crippen LogP contribution in [-0.4, -0.2) is 24.1 Å². The normalized spacial score (nSPS) is 11.0. The van der Waals surface area contributed by atoms with E-state index in [1.165, 1.54) is 0 Å². The molecule has 2 N–H and O–H groups in total. The summed E-state index contributed by atoms with van der Waals surface area (Å²) in [7, 11) is 0. The molecule has 132 valence electrons. The van der Waals surface area contributed by atoms with Crippen LogP contribution in [-0.2, 0) is 16.1 Å². The van der Waals surface area contributed by atoms with E-state index < -0.39 is 5.91 Å². The summed E-state index contributed by atoms with van der Waals surface area (Å²) in [6, 6.07) is 10.6. The first-order valence-corrected chi connectivity index (χ1v) is 8.31. The van der Waals surface area contributed by atoms with Gasteiger partial charge in [-0.15, -0.1) is 0 Å². The molecule has 0 saturated carbocycles. The number of carbonyl (C=O) groups excluding carboxylic acids is 2. The van der Waals surface area contributed by atoms with Crippen LogP contribution in [0.5, 0.6) is 5.75 Å². The van der Waals surface area contributed by atoms with Gasteiger partial charge in [-0.3, -0.25) is 9.59 Å². The molecule has 1 heterocycles.